The van der Waals surface area contributed by atoms with E-state index in [9.17, 15) is 13.2 Å². The molecule has 6 heteroatoms. The molecule has 0 saturated heterocycles. The molecule has 0 aliphatic carbocycles. The molecular formula is C11H23NO4S. The highest BCUT2D eigenvalue weighted by Crippen LogP contribution is 2.07. The number of nitrogens with one attached hydrogen (secondary N) is 1. The number of sulfonamides is 1. The molecule has 0 aliphatic rings. The van der Waals surface area contributed by atoms with Gasteiger partial charge in [-0.3, -0.25) is 4.79 Å². The lowest BCUT2D eigenvalue weighted by atomic mass is 10.1. The summed E-state index contributed by atoms with van der Waals surface area (Å²) < 4.78 is 25.7. The Morgan fingerprint density at radius 1 is 1.35 bits per heavy atom. The fourth-order valence-corrected chi connectivity index (χ4v) is 3.13. The van der Waals surface area contributed by atoms with Crippen LogP contribution in [0.1, 0.15) is 46.5 Å². The van der Waals surface area contributed by atoms with E-state index >= 15 is 0 Å². The fourth-order valence-electron chi connectivity index (χ4n) is 1.40. The highest BCUT2D eigenvalue weighted by Gasteiger charge is 2.24. The van der Waals surface area contributed by atoms with E-state index in [1.165, 1.54) is 0 Å². The van der Waals surface area contributed by atoms with Crippen molar-refractivity contribution >= 4 is 16.0 Å². The topological polar surface area (TPSA) is 83.5 Å². The van der Waals surface area contributed by atoms with Gasteiger partial charge in [0.2, 0.25) is 10.0 Å². The molecule has 0 fully saturated rings. The van der Waals surface area contributed by atoms with Crippen molar-refractivity contribution in [2.45, 2.75) is 52.5 Å². The van der Waals surface area contributed by atoms with Crippen molar-refractivity contribution in [2.75, 3.05) is 5.75 Å². The van der Waals surface area contributed by atoms with E-state index in [0.29, 0.717) is 12.8 Å². The molecule has 0 spiro atoms. The molecule has 0 amide bonds. The zero-order valence-electron chi connectivity index (χ0n) is 10.8. The summed E-state index contributed by atoms with van der Waals surface area (Å²) in [5, 5.41) is 8.93. The molecule has 5 nitrogen and oxygen atoms in total. The first-order valence-corrected chi connectivity index (χ1v) is 7.70. The third-order valence-electron chi connectivity index (χ3n) is 2.67. The van der Waals surface area contributed by atoms with Gasteiger partial charge in [-0.25, -0.2) is 13.1 Å². The summed E-state index contributed by atoms with van der Waals surface area (Å²) in [5.41, 5.74) is 0. The maximum atomic E-state index is 11.7. The number of hydrogen-bond donors (Lipinski definition) is 2. The number of carbonyl (C=O) groups is 1. The van der Waals surface area contributed by atoms with Gasteiger partial charge < -0.3 is 5.11 Å². The predicted molar refractivity (Wildman–Crippen MR) is 67.3 cm³/mol. The lowest BCUT2D eigenvalue weighted by Gasteiger charge is -2.16. The second-order valence-corrected chi connectivity index (χ2v) is 6.24. The zero-order chi connectivity index (χ0) is 13.5. The summed E-state index contributed by atoms with van der Waals surface area (Å²) in [5.74, 6) is -1.08. The number of carboxylic acid groups (broad SMARTS) is 1. The van der Waals surface area contributed by atoms with E-state index in [1.54, 1.807) is 0 Å². The first-order chi connectivity index (χ1) is 7.82. The van der Waals surface area contributed by atoms with Gasteiger partial charge in [0.25, 0.3) is 0 Å². The lowest BCUT2D eigenvalue weighted by molar-refractivity contribution is -0.139. The van der Waals surface area contributed by atoms with Crippen molar-refractivity contribution in [3.63, 3.8) is 0 Å². The molecule has 0 rings (SSSR count). The van der Waals surface area contributed by atoms with Crippen LogP contribution in [-0.4, -0.2) is 31.3 Å². The van der Waals surface area contributed by atoms with Crippen LogP contribution >= 0.6 is 0 Å². The van der Waals surface area contributed by atoms with Gasteiger partial charge in [-0.2, -0.15) is 0 Å². The molecule has 17 heavy (non-hydrogen) atoms. The Morgan fingerprint density at radius 3 is 2.35 bits per heavy atom. The molecule has 0 bridgehead atoms. The Labute approximate surface area is 104 Å². The van der Waals surface area contributed by atoms with Gasteiger partial charge in [-0.15, -0.1) is 0 Å². The minimum Gasteiger partial charge on any atom is -0.480 e. The summed E-state index contributed by atoms with van der Waals surface area (Å²) in [6.45, 7) is 5.68. The van der Waals surface area contributed by atoms with Crippen molar-refractivity contribution in [2.24, 2.45) is 5.92 Å². The Morgan fingerprint density at radius 2 is 1.94 bits per heavy atom. The molecule has 0 aromatic carbocycles. The maximum absolute atomic E-state index is 11.7. The number of hydrogen-bond acceptors (Lipinski definition) is 3. The van der Waals surface area contributed by atoms with Gasteiger partial charge in [-0.05, 0) is 12.3 Å². The molecule has 2 N–H and O–H groups in total. The number of aliphatic carboxylic acids is 1. The second kappa shape index (κ2) is 7.66. The van der Waals surface area contributed by atoms with E-state index in [4.69, 9.17) is 5.11 Å². The standard InChI is InChI=1S/C11H23NO4S/c1-4-6-7-10(11(13)14)12-17(15,16)8-9(3)5-2/h9-10,12H,4-8H2,1-3H3,(H,13,14). The molecule has 0 saturated carbocycles. The molecule has 0 heterocycles. The Bertz CT molecular complexity index is 326. The largest absolute Gasteiger partial charge is 0.480 e. The zero-order valence-corrected chi connectivity index (χ0v) is 11.6. The first kappa shape index (κ1) is 16.4. The molecule has 0 aromatic rings. The SMILES string of the molecule is CCCCC(NS(=O)(=O)CC(C)CC)C(=O)O. The maximum Gasteiger partial charge on any atom is 0.321 e. The van der Waals surface area contributed by atoms with Gasteiger partial charge in [0.1, 0.15) is 6.04 Å². The van der Waals surface area contributed by atoms with E-state index in [-0.39, 0.29) is 11.7 Å². The number of rotatable bonds is 9. The van der Waals surface area contributed by atoms with Crippen LogP contribution in [0.2, 0.25) is 0 Å². The van der Waals surface area contributed by atoms with Crippen molar-refractivity contribution < 1.29 is 18.3 Å². The highest BCUT2D eigenvalue weighted by atomic mass is 32.2. The minimum atomic E-state index is -3.50. The third-order valence-corrected chi connectivity index (χ3v) is 4.32. The Hall–Kier alpha value is -0.620. The summed E-state index contributed by atoms with van der Waals surface area (Å²) in [6.07, 6.45) is 2.64. The summed E-state index contributed by atoms with van der Waals surface area (Å²) in [7, 11) is -3.50. The lowest BCUT2D eigenvalue weighted by Crippen LogP contribution is -2.42. The van der Waals surface area contributed by atoms with Crippen molar-refractivity contribution in [1.82, 2.24) is 4.72 Å². The Kier molecular flexibility index (Phi) is 7.38. The Balaban J connectivity index is 4.47. The van der Waals surface area contributed by atoms with Crippen LogP contribution in [0.25, 0.3) is 0 Å². The molecule has 102 valence electrons. The van der Waals surface area contributed by atoms with E-state index < -0.39 is 22.0 Å². The minimum absolute atomic E-state index is 0.0145. The molecule has 0 aliphatic heterocycles. The summed E-state index contributed by atoms with van der Waals surface area (Å²) >= 11 is 0. The number of unbranched alkanes of at least 4 members (excludes halogenated alkanes) is 1. The van der Waals surface area contributed by atoms with Crippen LogP contribution in [-0.2, 0) is 14.8 Å². The quantitative estimate of drug-likeness (QED) is 0.663. The average molecular weight is 265 g/mol. The normalized spacial score (nSPS) is 15.5. The van der Waals surface area contributed by atoms with Crippen molar-refractivity contribution in [1.29, 1.82) is 0 Å². The third kappa shape index (κ3) is 7.33. The second-order valence-electron chi connectivity index (χ2n) is 4.45. The van der Waals surface area contributed by atoms with Crippen LogP contribution in [0.4, 0.5) is 0 Å². The van der Waals surface area contributed by atoms with Crippen LogP contribution in [0.5, 0.6) is 0 Å². The van der Waals surface area contributed by atoms with Gasteiger partial charge in [0, 0.05) is 0 Å². The smallest absolute Gasteiger partial charge is 0.321 e. The van der Waals surface area contributed by atoms with Crippen molar-refractivity contribution in [3.05, 3.63) is 0 Å². The van der Waals surface area contributed by atoms with E-state index in [0.717, 1.165) is 12.8 Å². The van der Waals surface area contributed by atoms with Gasteiger partial charge >= 0.3 is 5.97 Å². The summed E-state index contributed by atoms with van der Waals surface area (Å²) in [4.78, 5) is 10.9. The van der Waals surface area contributed by atoms with Gasteiger partial charge in [-0.1, -0.05) is 40.0 Å². The van der Waals surface area contributed by atoms with Crippen LogP contribution < -0.4 is 4.72 Å². The van der Waals surface area contributed by atoms with E-state index in [1.807, 2.05) is 20.8 Å². The van der Waals surface area contributed by atoms with E-state index in [2.05, 4.69) is 4.72 Å². The molecule has 0 aromatic heterocycles. The van der Waals surface area contributed by atoms with Crippen LogP contribution in [0.15, 0.2) is 0 Å². The van der Waals surface area contributed by atoms with Crippen LogP contribution in [0.3, 0.4) is 0 Å². The molecule has 2 unspecified atom stereocenters. The predicted octanol–water partition coefficient (Wildman–Crippen LogP) is 1.60. The summed E-state index contributed by atoms with van der Waals surface area (Å²) in [6, 6.07) is -0.996. The molecule has 0 radical (unpaired) electrons. The monoisotopic (exact) mass is 265 g/mol. The molecular weight excluding hydrogens is 242 g/mol. The van der Waals surface area contributed by atoms with Gasteiger partial charge in [0.05, 0.1) is 5.75 Å². The number of carboxylic acids is 1. The van der Waals surface area contributed by atoms with Crippen molar-refractivity contribution in [3.8, 4) is 0 Å². The van der Waals surface area contributed by atoms with Crippen LogP contribution in [0, 0.1) is 5.92 Å². The average Bonchev–Trinajstić information content (AvgIpc) is 2.22. The fraction of sp³-hybridized carbons (Fsp3) is 0.909. The highest BCUT2D eigenvalue weighted by molar-refractivity contribution is 7.89. The van der Waals surface area contributed by atoms with Gasteiger partial charge in [0.15, 0.2) is 0 Å². The first-order valence-electron chi connectivity index (χ1n) is 6.05. The molecule has 2 atom stereocenters.